The molecule has 212 valence electrons. The number of hydrogen-bond acceptors (Lipinski definition) is 6. The van der Waals surface area contributed by atoms with Gasteiger partial charge < -0.3 is 20.1 Å². The van der Waals surface area contributed by atoms with Crippen LogP contribution in [0.5, 0.6) is 0 Å². The van der Waals surface area contributed by atoms with E-state index in [2.05, 4.69) is 91.9 Å². The Morgan fingerprint density at radius 3 is 2.62 bits per heavy atom. The molecule has 42 heavy (non-hydrogen) atoms. The number of piperazine rings is 1. The highest BCUT2D eigenvalue weighted by molar-refractivity contribution is 5.99. The quantitative estimate of drug-likeness (QED) is 0.191. The summed E-state index contributed by atoms with van der Waals surface area (Å²) in [6.45, 7) is 14.2. The number of aromatic nitrogens is 5. The lowest BCUT2D eigenvalue weighted by atomic mass is 10.0. The number of fused-ring (bicyclic) bond motifs is 2. The van der Waals surface area contributed by atoms with Gasteiger partial charge in [-0.15, -0.1) is 0 Å². The van der Waals surface area contributed by atoms with Crippen LogP contribution >= 0.6 is 0 Å². The maximum atomic E-state index is 4.76. The number of allylic oxidation sites excluding steroid dienone is 5. The fourth-order valence-corrected chi connectivity index (χ4v) is 5.44. The first kappa shape index (κ1) is 27.2. The van der Waals surface area contributed by atoms with Crippen molar-refractivity contribution in [3.05, 3.63) is 115 Å². The van der Waals surface area contributed by atoms with E-state index in [0.29, 0.717) is 5.65 Å². The smallest absolute Gasteiger partial charge is 0.181 e. The number of likely N-dealkylation sites (N-methyl/N-ethyl adjacent to an activating group) is 1. The van der Waals surface area contributed by atoms with Gasteiger partial charge in [-0.25, -0.2) is 9.97 Å². The maximum Gasteiger partial charge on any atom is 0.181 e. The van der Waals surface area contributed by atoms with E-state index in [1.165, 1.54) is 5.56 Å². The Morgan fingerprint density at radius 2 is 1.86 bits per heavy atom. The summed E-state index contributed by atoms with van der Waals surface area (Å²) in [5.41, 5.74) is 8.56. The van der Waals surface area contributed by atoms with Crippen molar-refractivity contribution in [2.24, 2.45) is 0 Å². The Morgan fingerprint density at radius 1 is 1.05 bits per heavy atom. The molecule has 0 saturated carbocycles. The van der Waals surface area contributed by atoms with Crippen LogP contribution in [0.3, 0.4) is 0 Å². The molecule has 5 heterocycles. The third-order valence-electron chi connectivity index (χ3n) is 7.77. The van der Waals surface area contributed by atoms with Crippen molar-refractivity contribution in [1.29, 1.82) is 0 Å². The fraction of sp³-hybridized carbons (Fsp3) is 0.206. The van der Waals surface area contributed by atoms with Gasteiger partial charge in [-0.2, -0.15) is 5.10 Å². The van der Waals surface area contributed by atoms with Gasteiger partial charge in [0.25, 0.3) is 0 Å². The van der Waals surface area contributed by atoms with E-state index in [9.17, 15) is 0 Å². The molecule has 1 aliphatic heterocycles. The van der Waals surface area contributed by atoms with Crippen molar-refractivity contribution in [2.45, 2.75) is 13.3 Å². The minimum Gasteiger partial charge on any atom is -0.359 e. The highest BCUT2D eigenvalue weighted by atomic mass is 15.3. The number of hydrogen-bond donors (Lipinski definition) is 3. The van der Waals surface area contributed by atoms with E-state index in [4.69, 9.17) is 4.98 Å². The molecule has 1 fully saturated rings. The molecule has 8 nitrogen and oxygen atoms in total. The first-order valence-electron chi connectivity index (χ1n) is 14.3. The molecule has 1 aromatic carbocycles. The summed E-state index contributed by atoms with van der Waals surface area (Å²) in [4.78, 5) is 17.7. The molecule has 5 aromatic rings. The van der Waals surface area contributed by atoms with Crippen LogP contribution in [0.4, 0.5) is 5.82 Å². The first-order valence-corrected chi connectivity index (χ1v) is 14.3. The number of H-pyrrole nitrogens is 2. The number of anilines is 1. The second kappa shape index (κ2) is 11.9. The Bertz CT molecular complexity index is 1800. The molecule has 0 spiro atoms. The zero-order chi connectivity index (χ0) is 29.1. The van der Waals surface area contributed by atoms with Gasteiger partial charge in [-0.05, 0) is 55.5 Å². The molecule has 0 unspecified atom stereocenters. The van der Waals surface area contributed by atoms with Crippen LogP contribution in [0.25, 0.3) is 38.9 Å². The zero-order valence-electron chi connectivity index (χ0n) is 24.2. The molecule has 0 radical (unpaired) electrons. The van der Waals surface area contributed by atoms with Crippen LogP contribution < -0.4 is 10.2 Å². The van der Waals surface area contributed by atoms with Crippen molar-refractivity contribution in [1.82, 2.24) is 35.4 Å². The van der Waals surface area contributed by atoms with E-state index in [-0.39, 0.29) is 0 Å². The largest absolute Gasteiger partial charge is 0.359 e. The lowest BCUT2D eigenvalue weighted by Gasteiger charge is -2.33. The van der Waals surface area contributed by atoms with Gasteiger partial charge in [-0.1, -0.05) is 49.6 Å². The molecule has 8 heteroatoms. The fourth-order valence-electron chi connectivity index (χ4n) is 5.44. The molecule has 1 saturated heterocycles. The Balaban J connectivity index is 1.29. The summed E-state index contributed by atoms with van der Waals surface area (Å²) in [6.07, 6.45) is 10.4. The molecule has 6 rings (SSSR count). The van der Waals surface area contributed by atoms with E-state index in [0.717, 1.165) is 88.6 Å². The average molecular weight is 557 g/mol. The summed E-state index contributed by atoms with van der Waals surface area (Å²) in [7, 11) is 2.16. The van der Waals surface area contributed by atoms with Gasteiger partial charge in [0.2, 0.25) is 0 Å². The van der Waals surface area contributed by atoms with Gasteiger partial charge in [0, 0.05) is 72.7 Å². The summed E-state index contributed by atoms with van der Waals surface area (Å²) in [6, 6.07) is 16.6. The van der Waals surface area contributed by atoms with Crippen LogP contribution in [0.1, 0.15) is 18.1 Å². The normalized spacial score (nSPS) is 15.0. The van der Waals surface area contributed by atoms with Crippen LogP contribution in [-0.4, -0.2) is 63.3 Å². The minimum atomic E-state index is 0.669. The number of pyridine rings is 2. The molecule has 1 aliphatic rings. The lowest BCUT2D eigenvalue weighted by molar-refractivity contribution is 0.312. The number of aromatic amines is 2. The van der Waals surface area contributed by atoms with E-state index < -0.39 is 0 Å². The molecular weight excluding hydrogens is 520 g/mol. The van der Waals surface area contributed by atoms with Crippen LogP contribution in [0, 0.1) is 0 Å². The van der Waals surface area contributed by atoms with Crippen LogP contribution in [0.2, 0.25) is 0 Å². The molecule has 4 aromatic heterocycles. The predicted molar refractivity (Wildman–Crippen MR) is 173 cm³/mol. The second-order valence-electron chi connectivity index (χ2n) is 10.7. The van der Waals surface area contributed by atoms with Gasteiger partial charge in [0.15, 0.2) is 5.65 Å². The van der Waals surface area contributed by atoms with Gasteiger partial charge in [-0.3, -0.25) is 5.10 Å². The molecule has 0 atom stereocenters. The van der Waals surface area contributed by atoms with Gasteiger partial charge in [0.05, 0.1) is 16.9 Å². The van der Waals surface area contributed by atoms with Crippen molar-refractivity contribution in [3.63, 3.8) is 0 Å². The van der Waals surface area contributed by atoms with Crippen molar-refractivity contribution < 1.29 is 0 Å². The molecular formula is C34H36N8. The summed E-state index contributed by atoms with van der Waals surface area (Å²) >= 11 is 0. The van der Waals surface area contributed by atoms with Crippen LogP contribution in [-0.2, 0) is 6.42 Å². The highest BCUT2D eigenvalue weighted by Gasteiger charge is 2.20. The highest BCUT2D eigenvalue weighted by Crippen LogP contribution is 2.33. The summed E-state index contributed by atoms with van der Waals surface area (Å²) < 4.78 is 0. The van der Waals surface area contributed by atoms with Crippen molar-refractivity contribution in [2.75, 3.05) is 38.1 Å². The van der Waals surface area contributed by atoms with Crippen molar-refractivity contribution >= 4 is 33.3 Å². The zero-order valence-corrected chi connectivity index (χ0v) is 24.2. The molecule has 3 N–H and O–H groups in total. The van der Waals surface area contributed by atoms with Crippen LogP contribution in [0.15, 0.2) is 104 Å². The topological polar surface area (TPSA) is 88.8 Å². The monoisotopic (exact) mass is 556 g/mol. The second-order valence-corrected chi connectivity index (χ2v) is 10.7. The summed E-state index contributed by atoms with van der Waals surface area (Å²) in [5.74, 6) is 1.02. The van der Waals surface area contributed by atoms with E-state index in [1.54, 1.807) is 0 Å². The number of nitrogens with zero attached hydrogens (tertiary/aromatic N) is 5. The van der Waals surface area contributed by atoms with Crippen molar-refractivity contribution in [3.8, 4) is 11.4 Å². The number of nitrogens with one attached hydrogen (secondary N) is 3. The standard InChI is InChI=1S/C34H36N8/c1-5-25(19-27(6-2)37-23(3)18-24-10-8-7-9-11-24)26-20-29-32(39-40-33(29)36-22-26)31-21-28-30(38-31)12-13-35-34(28)42-16-14-41(4)15-17-42/h5-13,19-22,37-38H,2-3,14-18H2,1,4H3,(H,36,39,40)/b25-5+,27-19+. The predicted octanol–water partition coefficient (Wildman–Crippen LogP) is 6.07. The third-order valence-corrected chi connectivity index (χ3v) is 7.77. The number of rotatable bonds is 9. The number of benzene rings is 1. The molecule has 0 bridgehead atoms. The molecule has 0 amide bonds. The van der Waals surface area contributed by atoms with E-state index >= 15 is 0 Å². The lowest BCUT2D eigenvalue weighted by Crippen LogP contribution is -2.44. The average Bonchev–Trinajstić information content (AvgIpc) is 3.64. The maximum absolute atomic E-state index is 4.76. The third kappa shape index (κ3) is 5.62. The van der Waals surface area contributed by atoms with Gasteiger partial charge in [0.1, 0.15) is 5.82 Å². The minimum absolute atomic E-state index is 0.669. The van der Waals surface area contributed by atoms with E-state index in [1.807, 2.05) is 49.7 Å². The van der Waals surface area contributed by atoms with Gasteiger partial charge >= 0.3 is 0 Å². The molecule has 0 aliphatic carbocycles. The Kier molecular flexibility index (Phi) is 7.70. The SMILES string of the molecule is C=C/C(=C\C(=C/C)c1cnc2n[nH]c(-c3cc4c(N5CCN(C)CC5)nccc4[nH]3)c2c1)NC(=C)Cc1ccccc1. The summed E-state index contributed by atoms with van der Waals surface area (Å²) in [5, 5.41) is 13.2. The Hall–Kier alpha value is -4.95. The Labute approximate surface area is 246 Å². The first-order chi connectivity index (χ1) is 20.5.